The first-order chi connectivity index (χ1) is 15.3. The number of nitrogens with zero attached hydrogens (tertiary/aromatic N) is 3. The predicted octanol–water partition coefficient (Wildman–Crippen LogP) is 3.26. The minimum atomic E-state index is -0.177. The Balaban J connectivity index is 0.00000306. The number of carbonyl (C=O) groups excluding carboxylic acids is 1. The number of benzene rings is 2. The molecule has 2 aromatic rings. The van der Waals surface area contributed by atoms with Crippen molar-refractivity contribution in [2.75, 3.05) is 25.1 Å². The van der Waals surface area contributed by atoms with Crippen molar-refractivity contribution in [2.45, 2.75) is 38.6 Å². The van der Waals surface area contributed by atoms with Crippen molar-refractivity contribution in [2.24, 2.45) is 11.0 Å². The van der Waals surface area contributed by atoms with Gasteiger partial charge in [-0.1, -0.05) is 53.9 Å². The summed E-state index contributed by atoms with van der Waals surface area (Å²) in [5.74, 6) is -0.216. The molecular weight excluding hydrogens is 594 g/mol. The van der Waals surface area contributed by atoms with Gasteiger partial charge in [0.05, 0.1) is 23.8 Å². The Labute approximate surface area is 227 Å². The average Bonchev–Trinajstić information content (AvgIpc) is 3.14. The van der Waals surface area contributed by atoms with Crippen LogP contribution in [-0.2, 0) is 4.79 Å². The van der Waals surface area contributed by atoms with Crippen LogP contribution in [0.1, 0.15) is 44.2 Å². The smallest absolute Gasteiger partial charge is 0.312 e. The first-order valence-electron chi connectivity index (χ1n) is 11.1. The average molecular weight is 622 g/mol. The summed E-state index contributed by atoms with van der Waals surface area (Å²) in [6, 6.07) is 12.9. The minimum Gasteiger partial charge on any atom is -1.00 e. The molecule has 1 N–H and O–H groups in total. The topological polar surface area (TPSA) is 44.7 Å². The molecule has 0 spiro atoms. The number of halogens is 4. The number of hydrogen-bond acceptors (Lipinski definition) is 3. The van der Waals surface area contributed by atoms with Gasteiger partial charge in [-0.05, 0) is 61.6 Å². The molecule has 2 unspecified atom stereocenters. The molecule has 1 amide bonds. The molecule has 33 heavy (non-hydrogen) atoms. The third-order valence-electron chi connectivity index (χ3n) is 6.43. The molecule has 2 atom stereocenters. The Bertz CT molecular complexity index is 1020. The lowest BCUT2D eigenvalue weighted by Crippen LogP contribution is -3.00. The van der Waals surface area contributed by atoms with Gasteiger partial charge in [0.15, 0.2) is 0 Å². The molecule has 5 nitrogen and oxygen atoms in total. The molecule has 4 rings (SSSR count). The van der Waals surface area contributed by atoms with E-state index in [-0.39, 0.29) is 41.8 Å². The van der Waals surface area contributed by atoms with E-state index < -0.39 is 0 Å². The van der Waals surface area contributed by atoms with Crippen molar-refractivity contribution in [3.8, 4) is 0 Å². The van der Waals surface area contributed by atoms with Crippen LogP contribution in [0.25, 0.3) is 0 Å². The second-order valence-corrected chi connectivity index (χ2v) is 10.1. The molecule has 0 aromatic heterocycles. The van der Waals surface area contributed by atoms with Crippen molar-refractivity contribution in [3.63, 3.8) is 0 Å². The zero-order chi connectivity index (χ0) is 22.9. The molecule has 0 aliphatic carbocycles. The van der Waals surface area contributed by atoms with E-state index in [1.807, 2.05) is 35.3 Å². The van der Waals surface area contributed by atoms with E-state index in [4.69, 9.17) is 39.9 Å². The molecule has 2 aliphatic heterocycles. The van der Waals surface area contributed by atoms with Gasteiger partial charge in [-0.15, -0.1) is 0 Å². The molecule has 2 aromatic carbocycles. The van der Waals surface area contributed by atoms with Crippen LogP contribution in [0, 0.1) is 5.92 Å². The van der Waals surface area contributed by atoms with Gasteiger partial charge in [-0.25, -0.2) is 4.59 Å². The first-order valence-corrected chi connectivity index (χ1v) is 12.2. The lowest BCUT2D eigenvalue weighted by molar-refractivity contribution is -0.947. The van der Waals surface area contributed by atoms with Crippen LogP contribution in [0.15, 0.2) is 47.6 Å². The summed E-state index contributed by atoms with van der Waals surface area (Å²) in [7, 11) is 2.08. The van der Waals surface area contributed by atoms with E-state index in [0.29, 0.717) is 25.4 Å². The van der Waals surface area contributed by atoms with E-state index in [1.165, 1.54) is 6.42 Å². The number of piperidine rings is 1. The molecule has 1 saturated heterocycles. The van der Waals surface area contributed by atoms with Crippen LogP contribution in [0.3, 0.4) is 0 Å². The van der Waals surface area contributed by atoms with E-state index in [9.17, 15) is 4.79 Å². The zero-order valence-corrected chi connectivity index (χ0v) is 23.1. The van der Waals surface area contributed by atoms with Crippen LogP contribution in [-0.4, -0.2) is 36.3 Å². The van der Waals surface area contributed by atoms with Crippen LogP contribution in [0.4, 0.5) is 5.69 Å². The fraction of sp³-hybridized carbons (Fsp3) is 0.417. The summed E-state index contributed by atoms with van der Waals surface area (Å²) in [5, 5.41) is 8.42. The highest BCUT2D eigenvalue weighted by Crippen LogP contribution is 2.43. The van der Waals surface area contributed by atoms with Crippen molar-refractivity contribution in [3.05, 3.63) is 63.1 Å². The van der Waals surface area contributed by atoms with E-state index in [1.54, 1.807) is 12.1 Å². The molecule has 178 valence electrons. The third-order valence-corrected chi connectivity index (χ3v) is 7.22. The molecule has 9 heteroatoms. The monoisotopic (exact) mass is 620 g/mol. The van der Waals surface area contributed by atoms with Gasteiger partial charge < -0.3 is 24.0 Å². The van der Waals surface area contributed by atoms with Gasteiger partial charge >= 0.3 is 5.91 Å². The van der Waals surface area contributed by atoms with Crippen LogP contribution in [0.5, 0.6) is 0 Å². The molecule has 0 bridgehead atoms. The van der Waals surface area contributed by atoms with Gasteiger partial charge in [0.1, 0.15) is 18.8 Å². The van der Waals surface area contributed by atoms with Gasteiger partial charge in [0, 0.05) is 16.0 Å². The number of rotatable bonds is 5. The summed E-state index contributed by atoms with van der Waals surface area (Å²) in [5.41, 5.74) is 5.52. The Hall–Kier alpha value is -1.06. The number of amides is 1. The van der Waals surface area contributed by atoms with Crippen molar-refractivity contribution in [1.29, 1.82) is 0 Å². The van der Waals surface area contributed by atoms with Crippen molar-refractivity contribution >= 4 is 52.1 Å². The summed E-state index contributed by atoms with van der Waals surface area (Å²) >= 11 is 18.8. The van der Waals surface area contributed by atoms with Gasteiger partial charge in [-0.3, -0.25) is 9.80 Å². The summed E-state index contributed by atoms with van der Waals surface area (Å²) in [4.78, 5) is 13.5. The number of hydrazone groups is 1. The quantitative estimate of drug-likeness (QED) is 0.412. The fourth-order valence-corrected chi connectivity index (χ4v) is 5.35. The van der Waals surface area contributed by atoms with Crippen LogP contribution < -0.4 is 34.4 Å². The highest BCUT2D eigenvalue weighted by atomic mass is 127. The number of quaternary nitrogens is 1. The number of anilines is 1. The first kappa shape index (κ1) is 26.5. The number of hydrogen-bond donors (Lipinski definition) is 1. The number of nitrogens with one attached hydrogen (secondary N) is 1. The van der Waals surface area contributed by atoms with Crippen LogP contribution >= 0.6 is 34.8 Å². The Morgan fingerprint density at radius 1 is 1.06 bits per heavy atom. The summed E-state index contributed by atoms with van der Waals surface area (Å²) in [6.07, 6.45) is 4.19. The van der Waals surface area contributed by atoms with Crippen LogP contribution in [0.2, 0.25) is 15.1 Å². The Kier molecular flexibility index (Phi) is 8.94. The second-order valence-electron chi connectivity index (χ2n) is 8.78. The maximum atomic E-state index is 13.5. The molecular formula is C24H28Cl3IN4O. The lowest BCUT2D eigenvalue weighted by Gasteiger charge is -2.36. The standard InChI is InChI=1S/C24H27Cl3N4O.HI/c1-3-19-22(24(32)29-31(2)13-5-4-6-14-31)28-30(21-12-11-18(26)15-20(21)27)23(19)16-7-9-17(25)10-8-16;/h7-12,15,19,23H,3-6,13-14H2,1-2H3;1H. The number of carbonyl (C=O) groups is 1. The largest absolute Gasteiger partial charge is 1.00 e. The van der Waals surface area contributed by atoms with E-state index in [2.05, 4.69) is 19.4 Å². The van der Waals surface area contributed by atoms with Crippen molar-refractivity contribution < 1.29 is 33.4 Å². The number of likely N-dealkylation sites (tertiary alicyclic amines) is 1. The maximum absolute atomic E-state index is 13.5. The van der Waals surface area contributed by atoms with Gasteiger partial charge in [0.25, 0.3) is 0 Å². The second kappa shape index (κ2) is 11.1. The Morgan fingerprint density at radius 3 is 2.30 bits per heavy atom. The zero-order valence-electron chi connectivity index (χ0n) is 18.7. The molecule has 1 fully saturated rings. The highest BCUT2D eigenvalue weighted by molar-refractivity contribution is 6.40. The third kappa shape index (κ3) is 5.78. The normalized spacial score (nSPS) is 21.8. The molecule has 0 radical (unpaired) electrons. The van der Waals surface area contributed by atoms with Gasteiger partial charge in [-0.2, -0.15) is 10.5 Å². The van der Waals surface area contributed by atoms with Gasteiger partial charge in [0.2, 0.25) is 0 Å². The highest BCUT2D eigenvalue weighted by Gasteiger charge is 2.43. The fourth-order valence-electron chi connectivity index (χ4n) is 4.73. The lowest BCUT2D eigenvalue weighted by atomic mass is 9.87. The Morgan fingerprint density at radius 2 is 1.70 bits per heavy atom. The van der Waals surface area contributed by atoms with Crippen molar-refractivity contribution in [1.82, 2.24) is 5.43 Å². The van der Waals surface area contributed by atoms with E-state index >= 15 is 0 Å². The minimum absolute atomic E-state index is 0. The summed E-state index contributed by atoms with van der Waals surface area (Å²) in [6.45, 7) is 3.95. The predicted molar refractivity (Wildman–Crippen MR) is 132 cm³/mol. The maximum Gasteiger partial charge on any atom is 0.312 e. The molecule has 2 aliphatic rings. The molecule has 0 saturated carbocycles. The SMILES string of the molecule is CCC1C(C(=O)N[N+]2(C)CCCCC2)=NN(c2ccc(Cl)cc2Cl)C1c1ccc(Cl)cc1.[I-]. The van der Waals surface area contributed by atoms with E-state index in [0.717, 1.165) is 43.6 Å². The summed E-state index contributed by atoms with van der Waals surface area (Å²) < 4.78 is 0.543. The molecule has 2 heterocycles.